The van der Waals surface area contributed by atoms with E-state index < -0.39 is 0 Å². The van der Waals surface area contributed by atoms with Crippen molar-refractivity contribution >= 4 is 29.9 Å². The Hall–Kier alpha value is -0.980. The van der Waals surface area contributed by atoms with E-state index in [4.69, 9.17) is 4.74 Å². The molecule has 0 aliphatic heterocycles. The summed E-state index contributed by atoms with van der Waals surface area (Å²) in [4.78, 5) is 4.62. The molecule has 0 spiro atoms. The predicted molar refractivity (Wildman–Crippen MR) is 101 cm³/mol. The third-order valence-corrected chi connectivity index (χ3v) is 3.22. The van der Waals surface area contributed by atoms with Crippen LogP contribution in [0.4, 0.5) is 0 Å². The molecule has 0 aliphatic carbocycles. The number of hydrogen-bond acceptors (Lipinski definition) is 2. The maximum absolute atomic E-state index is 5.27. The number of hydrogen-bond donors (Lipinski definition) is 2. The molecule has 2 N–H and O–H groups in total. The van der Waals surface area contributed by atoms with Gasteiger partial charge >= 0.3 is 0 Å². The lowest BCUT2D eigenvalue weighted by Crippen LogP contribution is -2.41. The van der Waals surface area contributed by atoms with Crippen molar-refractivity contribution in [2.75, 3.05) is 13.7 Å². The van der Waals surface area contributed by atoms with Gasteiger partial charge in [-0.15, -0.1) is 24.0 Å². The monoisotopic (exact) mass is 405 g/mol. The Balaban J connectivity index is 0.00000400. The van der Waals surface area contributed by atoms with Crippen LogP contribution in [0, 0.1) is 6.92 Å². The van der Waals surface area contributed by atoms with Crippen molar-refractivity contribution in [1.82, 2.24) is 10.6 Å². The van der Waals surface area contributed by atoms with Gasteiger partial charge in [0.15, 0.2) is 5.96 Å². The van der Waals surface area contributed by atoms with Gasteiger partial charge in [0.1, 0.15) is 5.75 Å². The number of halogens is 1. The van der Waals surface area contributed by atoms with Crippen LogP contribution >= 0.6 is 24.0 Å². The van der Waals surface area contributed by atoms with Gasteiger partial charge in [-0.05, 0) is 44.4 Å². The van der Waals surface area contributed by atoms with Crippen LogP contribution in [0.15, 0.2) is 23.2 Å². The van der Waals surface area contributed by atoms with Crippen LogP contribution in [-0.4, -0.2) is 25.7 Å². The summed E-state index contributed by atoms with van der Waals surface area (Å²) in [6, 6.07) is 6.59. The predicted octanol–water partition coefficient (Wildman–Crippen LogP) is 3.48. The number of guanidine groups is 1. The number of nitrogens with zero attached hydrogens (tertiary/aromatic N) is 1. The number of methoxy groups -OCH3 is 1. The molecule has 21 heavy (non-hydrogen) atoms. The molecule has 0 heterocycles. The maximum atomic E-state index is 5.27. The van der Waals surface area contributed by atoms with Gasteiger partial charge in [0.25, 0.3) is 0 Å². The summed E-state index contributed by atoms with van der Waals surface area (Å²) >= 11 is 0. The van der Waals surface area contributed by atoms with Gasteiger partial charge in [-0.1, -0.05) is 19.1 Å². The van der Waals surface area contributed by atoms with E-state index in [0.29, 0.717) is 12.6 Å². The molecule has 5 heteroatoms. The molecule has 1 unspecified atom stereocenters. The smallest absolute Gasteiger partial charge is 0.191 e. The van der Waals surface area contributed by atoms with Crippen LogP contribution in [0.25, 0.3) is 0 Å². The van der Waals surface area contributed by atoms with E-state index in [1.54, 1.807) is 7.11 Å². The number of nitrogens with one attached hydrogen (secondary N) is 2. The van der Waals surface area contributed by atoms with E-state index in [1.807, 2.05) is 6.07 Å². The number of benzene rings is 1. The summed E-state index contributed by atoms with van der Waals surface area (Å²) in [6.45, 7) is 9.97. The van der Waals surface area contributed by atoms with Crippen LogP contribution in [0.3, 0.4) is 0 Å². The summed E-state index contributed by atoms with van der Waals surface area (Å²) in [5.74, 6) is 1.79. The molecule has 4 nitrogen and oxygen atoms in total. The van der Waals surface area contributed by atoms with Crippen molar-refractivity contribution in [2.45, 2.75) is 46.7 Å². The van der Waals surface area contributed by atoms with E-state index in [1.165, 1.54) is 5.56 Å². The Morgan fingerprint density at radius 3 is 2.57 bits per heavy atom. The van der Waals surface area contributed by atoms with Gasteiger partial charge < -0.3 is 15.4 Å². The lowest BCUT2D eigenvalue weighted by Gasteiger charge is -2.16. The first-order chi connectivity index (χ1) is 9.60. The molecule has 0 aromatic heterocycles. The molecule has 0 aliphatic rings. The second-order valence-corrected chi connectivity index (χ2v) is 4.95. The van der Waals surface area contributed by atoms with Crippen molar-refractivity contribution in [2.24, 2.45) is 4.99 Å². The van der Waals surface area contributed by atoms with Crippen molar-refractivity contribution in [3.63, 3.8) is 0 Å². The van der Waals surface area contributed by atoms with E-state index in [2.05, 4.69) is 55.5 Å². The molecule has 0 saturated heterocycles. The highest BCUT2D eigenvalue weighted by atomic mass is 127. The Kier molecular flexibility index (Phi) is 10.2. The van der Waals surface area contributed by atoms with Crippen molar-refractivity contribution < 1.29 is 4.74 Å². The zero-order chi connectivity index (χ0) is 15.0. The van der Waals surface area contributed by atoms with Gasteiger partial charge in [0.2, 0.25) is 0 Å². The molecule has 1 atom stereocenters. The van der Waals surface area contributed by atoms with Crippen LogP contribution in [0.2, 0.25) is 0 Å². The fourth-order valence-electron chi connectivity index (χ4n) is 1.86. The first-order valence-electron chi connectivity index (χ1n) is 7.29. The van der Waals surface area contributed by atoms with Gasteiger partial charge in [-0.2, -0.15) is 0 Å². The SMILES string of the molecule is CCNC(=NCc1ccc(OC)c(C)c1)NC(C)CC.I. The Morgan fingerprint density at radius 1 is 1.33 bits per heavy atom. The lowest BCUT2D eigenvalue weighted by atomic mass is 10.1. The standard InChI is InChI=1S/C16H27N3O.HI/c1-6-13(4)19-16(17-7-2)18-11-14-8-9-15(20-5)12(3)10-14;/h8-10,13H,6-7,11H2,1-5H3,(H2,17,18,19);1H. The highest BCUT2D eigenvalue weighted by Gasteiger charge is 2.03. The Bertz CT molecular complexity index is 449. The van der Waals surface area contributed by atoms with E-state index in [0.717, 1.165) is 30.2 Å². The Morgan fingerprint density at radius 2 is 2.05 bits per heavy atom. The van der Waals surface area contributed by atoms with E-state index in [9.17, 15) is 0 Å². The molecular weight excluding hydrogens is 377 g/mol. The summed E-state index contributed by atoms with van der Waals surface area (Å²) in [5, 5.41) is 6.66. The fourth-order valence-corrected chi connectivity index (χ4v) is 1.86. The minimum Gasteiger partial charge on any atom is -0.496 e. The normalized spacial score (nSPS) is 12.3. The first kappa shape index (κ1) is 20.0. The second kappa shape index (κ2) is 10.7. The molecule has 1 rings (SSSR count). The molecule has 0 radical (unpaired) electrons. The van der Waals surface area contributed by atoms with Crippen LogP contribution in [-0.2, 0) is 6.54 Å². The summed E-state index contributed by atoms with van der Waals surface area (Å²) in [6.07, 6.45) is 1.08. The molecular formula is C16H28IN3O. The first-order valence-corrected chi connectivity index (χ1v) is 7.29. The van der Waals surface area contributed by atoms with Crippen molar-refractivity contribution in [1.29, 1.82) is 0 Å². The Labute approximate surface area is 145 Å². The minimum absolute atomic E-state index is 0. The number of aliphatic imine (C=N–C) groups is 1. The van der Waals surface area contributed by atoms with E-state index >= 15 is 0 Å². The zero-order valence-corrected chi connectivity index (χ0v) is 16.0. The van der Waals surface area contributed by atoms with E-state index in [-0.39, 0.29) is 24.0 Å². The summed E-state index contributed by atoms with van der Waals surface area (Å²) < 4.78 is 5.27. The molecule has 120 valence electrons. The molecule has 1 aromatic carbocycles. The third-order valence-electron chi connectivity index (χ3n) is 3.22. The molecule has 1 aromatic rings. The zero-order valence-electron chi connectivity index (χ0n) is 13.7. The maximum Gasteiger partial charge on any atom is 0.191 e. The lowest BCUT2D eigenvalue weighted by molar-refractivity contribution is 0.411. The quantitative estimate of drug-likeness (QED) is 0.433. The topological polar surface area (TPSA) is 45.7 Å². The van der Waals surface area contributed by atoms with Gasteiger partial charge in [-0.3, -0.25) is 0 Å². The molecule has 0 bridgehead atoms. The summed E-state index contributed by atoms with van der Waals surface area (Å²) in [7, 11) is 1.69. The van der Waals surface area contributed by atoms with Crippen molar-refractivity contribution in [3.8, 4) is 5.75 Å². The fraction of sp³-hybridized carbons (Fsp3) is 0.562. The van der Waals surface area contributed by atoms with Crippen LogP contribution in [0.1, 0.15) is 38.3 Å². The third kappa shape index (κ3) is 7.02. The second-order valence-electron chi connectivity index (χ2n) is 4.95. The number of aryl methyl sites for hydroxylation is 1. The minimum atomic E-state index is 0. The van der Waals surface area contributed by atoms with Crippen LogP contribution < -0.4 is 15.4 Å². The largest absolute Gasteiger partial charge is 0.496 e. The molecule has 0 saturated carbocycles. The average Bonchev–Trinajstić information content (AvgIpc) is 2.45. The number of rotatable bonds is 6. The highest BCUT2D eigenvalue weighted by Crippen LogP contribution is 2.18. The average molecular weight is 405 g/mol. The molecule has 0 amide bonds. The van der Waals surface area contributed by atoms with Gasteiger partial charge in [-0.25, -0.2) is 4.99 Å². The van der Waals surface area contributed by atoms with Crippen LogP contribution in [0.5, 0.6) is 5.75 Å². The van der Waals surface area contributed by atoms with Gasteiger partial charge in [0.05, 0.1) is 13.7 Å². The highest BCUT2D eigenvalue weighted by molar-refractivity contribution is 14.0. The van der Waals surface area contributed by atoms with Crippen molar-refractivity contribution in [3.05, 3.63) is 29.3 Å². The summed E-state index contributed by atoms with van der Waals surface area (Å²) in [5.41, 5.74) is 2.32. The molecule has 0 fully saturated rings. The van der Waals surface area contributed by atoms with Gasteiger partial charge in [0, 0.05) is 12.6 Å². The number of ether oxygens (including phenoxy) is 1.